The first-order valence-electron chi connectivity index (χ1n) is 5.41. The molecule has 2 rings (SSSR count). The van der Waals surface area contributed by atoms with E-state index in [-0.39, 0.29) is 0 Å². The van der Waals surface area contributed by atoms with E-state index in [0.29, 0.717) is 13.2 Å². The summed E-state index contributed by atoms with van der Waals surface area (Å²) >= 11 is 0. The molecular weight excluding hydrogens is 190 g/mol. The molecule has 1 aliphatic rings. The van der Waals surface area contributed by atoms with E-state index in [9.17, 15) is 5.11 Å². The number of benzene rings is 1. The third kappa shape index (κ3) is 2.13. The summed E-state index contributed by atoms with van der Waals surface area (Å²) < 4.78 is 5.36. The van der Waals surface area contributed by atoms with E-state index < -0.39 is 5.60 Å². The van der Waals surface area contributed by atoms with E-state index in [4.69, 9.17) is 4.74 Å². The summed E-state index contributed by atoms with van der Waals surface area (Å²) in [4.78, 5) is 0. The van der Waals surface area contributed by atoms with Crippen molar-refractivity contribution < 1.29 is 9.84 Å². The van der Waals surface area contributed by atoms with Gasteiger partial charge in [-0.2, -0.15) is 0 Å². The predicted octanol–water partition coefficient (Wildman–Crippen LogP) is 1.27. The molecule has 0 saturated carbocycles. The Balaban J connectivity index is 2.15. The molecule has 0 spiro atoms. The van der Waals surface area contributed by atoms with Crippen molar-refractivity contribution in [3.8, 4) is 5.75 Å². The molecule has 1 saturated heterocycles. The van der Waals surface area contributed by atoms with Crippen molar-refractivity contribution in [3.63, 3.8) is 0 Å². The Bertz CT molecular complexity index is 315. The number of hydrogen-bond acceptors (Lipinski definition) is 3. The average Bonchev–Trinajstić information content (AvgIpc) is 2.68. The van der Waals surface area contributed by atoms with Crippen molar-refractivity contribution >= 4 is 0 Å². The average molecular weight is 207 g/mol. The van der Waals surface area contributed by atoms with Crippen molar-refractivity contribution in [2.45, 2.75) is 18.9 Å². The van der Waals surface area contributed by atoms with Crippen LogP contribution in [0.1, 0.15) is 18.9 Å². The lowest BCUT2D eigenvalue weighted by atomic mass is 9.93. The highest BCUT2D eigenvalue weighted by Crippen LogP contribution is 2.28. The molecule has 0 aromatic heterocycles. The Hall–Kier alpha value is -1.06. The fourth-order valence-electron chi connectivity index (χ4n) is 1.95. The second-order valence-electron chi connectivity index (χ2n) is 3.92. The number of aliphatic hydroxyl groups is 1. The highest BCUT2D eigenvalue weighted by molar-refractivity contribution is 5.31. The normalized spacial score (nSPS) is 25.5. The Morgan fingerprint density at radius 2 is 2.13 bits per heavy atom. The van der Waals surface area contributed by atoms with Crippen LogP contribution in [0.5, 0.6) is 5.75 Å². The van der Waals surface area contributed by atoms with Gasteiger partial charge < -0.3 is 15.2 Å². The van der Waals surface area contributed by atoms with Gasteiger partial charge in [0.15, 0.2) is 0 Å². The first kappa shape index (κ1) is 10.5. The smallest absolute Gasteiger partial charge is 0.119 e. The molecule has 0 amide bonds. The number of β-amino-alcohol motifs (C(OH)–C–C–N with tert-alkyl or cyclic N) is 1. The molecule has 1 aromatic rings. The zero-order valence-corrected chi connectivity index (χ0v) is 8.99. The summed E-state index contributed by atoms with van der Waals surface area (Å²) in [5, 5.41) is 13.4. The van der Waals surface area contributed by atoms with Crippen LogP contribution in [-0.2, 0) is 5.60 Å². The minimum Gasteiger partial charge on any atom is -0.494 e. The molecule has 3 nitrogen and oxygen atoms in total. The Morgan fingerprint density at radius 1 is 1.40 bits per heavy atom. The van der Waals surface area contributed by atoms with Crippen LogP contribution in [0.25, 0.3) is 0 Å². The maximum atomic E-state index is 10.3. The van der Waals surface area contributed by atoms with Crippen LogP contribution in [0.3, 0.4) is 0 Å². The van der Waals surface area contributed by atoms with E-state index in [1.165, 1.54) is 0 Å². The topological polar surface area (TPSA) is 41.5 Å². The minimum atomic E-state index is -0.690. The monoisotopic (exact) mass is 207 g/mol. The van der Waals surface area contributed by atoms with Crippen LogP contribution in [0.15, 0.2) is 24.3 Å². The van der Waals surface area contributed by atoms with Gasteiger partial charge in [0, 0.05) is 6.54 Å². The summed E-state index contributed by atoms with van der Waals surface area (Å²) in [6.45, 7) is 4.15. The molecule has 1 fully saturated rings. The molecular formula is C12H17NO2. The second kappa shape index (κ2) is 4.21. The summed E-state index contributed by atoms with van der Waals surface area (Å²) in [7, 11) is 0. The minimum absolute atomic E-state index is 0.640. The molecule has 0 aliphatic carbocycles. The third-order valence-corrected chi connectivity index (χ3v) is 2.84. The van der Waals surface area contributed by atoms with Gasteiger partial charge in [0.1, 0.15) is 11.4 Å². The maximum Gasteiger partial charge on any atom is 0.119 e. The van der Waals surface area contributed by atoms with Crippen LogP contribution in [-0.4, -0.2) is 24.8 Å². The van der Waals surface area contributed by atoms with Gasteiger partial charge in [-0.15, -0.1) is 0 Å². The molecule has 82 valence electrons. The van der Waals surface area contributed by atoms with Crippen LogP contribution >= 0.6 is 0 Å². The number of rotatable bonds is 3. The quantitative estimate of drug-likeness (QED) is 0.784. The zero-order valence-electron chi connectivity index (χ0n) is 8.99. The lowest BCUT2D eigenvalue weighted by molar-refractivity contribution is 0.0587. The summed E-state index contributed by atoms with van der Waals surface area (Å²) in [5.74, 6) is 0.857. The molecule has 1 aromatic carbocycles. The lowest BCUT2D eigenvalue weighted by Crippen LogP contribution is -2.28. The summed E-state index contributed by atoms with van der Waals surface area (Å²) in [5.41, 5.74) is 0.279. The SMILES string of the molecule is CCOc1ccc(C2(O)CCNC2)cc1. The van der Waals surface area contributed by atoms with Crippen molar-refractivity contribution in [1.82, 2.24) is 5.32 Å². The predicted molar refractivity (Wildman–Crippen MR) is 59.0 cm³/mol. The molecule has 3 heteroatoms. The maximum absolute atomic E-state index is 10.3. The van der Waals surface area contributed by atoms with E-state index in [0.717, 1.165) is 24.3 Å². The highest BCUT2D eigenvalue weighted by Gasteiger charge is 2.32. The molecule has 2 N–H and O–H groups in total. The van der Waals surface area contributed by atoms with Crippen LogP contribution in [0.4, 0.5) is 0 Å². The van der Waals surface area contributed by atoms with E-state index in [1.807, 2.05) is 31.2 Å². The van der Waals surface area contributed by atoms with Gasteiger partial charge in [0.05, 0.1) is 6.61 Å². The molecule has 1 atom stereocenters. The second-order valence-corrected chi connectivity index (χ2v) is 3.92. The number of hydrogen-bond donors (Lipinski definition) is 2. The van der Waals surface area contributed by atoms with Crippen LogP contribution in [0, 0.1) is 0 Å². The highest BCUT2D eigenvalue weighted by atomic mass is 16.5. The molecule has 1 unspecified atom stereocenters. The molecule has 1 aliphatic heterocycles. The van der Waals surface area contributed by atoms with Gasteiger partial charge in [-0.1, -0.05) is 12.1 Å². The van der Waals surface area contributed by atoms with Crippen LogP contribution in [0.2, 0.25) is 0 Å². The van der Waals surface area contributed by atoms with E-state index in [1.54, 1.807) is 0 Å². The van der Waals surface area contributed by atoms with Crippen molar-refractivity contribution in [2.24, 2.45) is 0 Å². The van der Waals surface area contributed by atoms with Gasteiger partial charge in [0.2, 0.25) is 0 Å². The van der Waals surface area contributed by atoms with Crippen molar-refractivity contribution in [3.05, 3.63) is 29.8 Å². The summed E-state index contributed by atoms with van der Waals surface area (Å²) in [6.07, 6.45) is 0.779. The zero-order chi connectivity index (χ0) is 10.7. The van der Waals surface area contributed by atoms with Gasteiger partial charge in [-0.25, -0.2) is 0 Å². The van der Waals surface area contributed by atoms with Gasteiger partial charge >= 0.3 is 0 Å². The third-order valence-electron chi connectivity index (χ3n) is 2.84. The van der Waals surface area contributed by atoms with Crippen molar-refractivity contribution in [2.75, 3.05) is 19.7 Å². The fourth-order valence-corrected chi connectivity index (χ4v) is 1.95. The first-order valence-corrected chi connectivity index (χ1v) is 5.41. The largest absolute Gasteiger partial charge is 0.494 e. The first-order chi connectivity index (χ1) is 7.24. The van der Waals surface area contributed by atoms with Gasteiger partial charge in [0.25, 0.3) is 0 Å². The number of ether oxygens (including phenoxy) is 1. The van der Waals surface area contributed by atoms with Crippen LogP contribution < -0.4 is 10.1 Å². The standard InChI is InChI=1S/C12H17NO2/c1-2-15-11-5-3-10(4-6-11)12(14)7-8-13-9-12/h3-6,13-14H,2,7-9H2,1H3. The lowest BCUT2D eigenvalue weighted by Gasteiger charge is -2.21. The number of nitrogens with one attached hydrogen (secondary N) is 1. The van der Waals surface area contributed by atoms with Crippen molar-refractivity contribution in [1.29, 1.82) is 0 Å². The Kier molecular flexibility index (Phi) is 2.93. The Labute approximate surface area is 90.1 Å². The molecule has 0 radical (unpaired) electrons. The fraction of sp³-hybridized carbons (Fsp3) is 0.500. The van der Waals surface area contributed by atoms with Gasteiger partial charge in [-0.05, 0) is 37.6 Å². The summed E-state index contributed by atoms with van der Waals surface area (Å²) in [6, 6.07) is 7.71. The molecule has 0 bridgehead atoms. The van der Waals surface area contributed by atoms with E-state index >= 15 is 0 Å². The Morgan fingerprint density at radius 3 is 2.67 bits per heavy atom. The molecule has 1 heterocycles. The van der Waals surface area contributed by atoms with Gasteiger partial charge in [-0.3, -0.25) is 0 Å². The molecule has 15 heavy (non-hydrogen) atoms. The van der Waals surface area contributed by atoms with E-state index in [2.05, 4.69) is 5.32 Å².